The fraction of sp³-hybridized carbons (Fsp3) is 0.600. The monoisotopic (exact) mass is 374 g/mol. The van der Waals surface area contributed by atoms with Gasteiger partial charge in [-0.15, -0.1) is 11.3 Å². The average Bonchev–Trinajstić information content (AvgIpc) is 2.99. The number of amides is 1. The predicted octanol–water partition coefficient (Wildman–Crippen LogP) is 1.44. The van der Waals surface area contributed by atoms with E-state index in [1.165, 1.54) is 15.6 Å². The van der Waals surface area contributed by atoms with Gasteiger partial charge in [0.15, 0.2) is 0 Å². The Bertz CT molecular complexity index is 713. The number of piperidine rings is 1. The zero-order chi connectivity index (χ0) is 17.9. The second-order valence-corrected chi connectivity index (χ2v) is 9.33. The van der Waals surface area contributed by atoms with Crippen LogP contribution in [0.1, 0.15) is 31.1 Å². The number of carboxylic acid groups (broad SMARTS) is 1. The topological polar surface area (TPSA) is 104 Å². The highest BCUT2D eigenvalue weighted by atomic mass is 32.2. The van der Waals surface area contributed by atoms with E-state index in [-0.39, 0.29) is 17.2 Å². The third-order valence-corrected chi connectivity index (χ3v) is 7.42. The number of hydrogen-bond acceptors (Lipinski definition) is 5. The summed E-state index contributed by atoms with van der Waals surface area (Å²) in [4.78, 5) is 24.2. The highest BCUT2D eigenvalue weighted by molar-refractivity contribution is 7.91. The van der Waals surface area contributed by atoms with Crippen molar-refractivity contribution in [3.63, 3.8) is 0 Å². The van der Waals surface area contributed by atoms with Crippen molar-refractivity contribution in [3.05, 3.63) is 17.0 Å². The van der Waals surface area contributed by atoms with Crippen LogP contribution in [0.3, 0.4) is 0 Å². The van der Waals surface area contributed by atoms with Crippen LogP contribution in [-0.2, 0) is 19.6 Å². The molecular weight excluding hydrogens is 352 g/mol. The van der Waals surface area contributed by atoms with Gasteiger partial charge in [0.2, 0.25) is 5.91 Å². The minimum Gasteiger partial charge on any atom is -0.480 e. The molecule has 2 atom stereocenters. The largest absolute Gasteiger partial charge is 0.480 e. The van der Waals surface area contributed by atoms with Crippen LogP contribution >= 0.6 is 11.3 Å². The Morgan fingerprint density at radius 3 is 2.71 bits per heavy atom. The summed E-state index contributed by atoms with van der Waals surface area (Å²) in [5.41, 5.74) is 0. The van der Waals surface area contributed by atoms with E-state index in [0.717, 1.165) is 4.88 Å². The van der Waals surface area contributed by atoms with Crippen molar-refractivity contribution >= 4 is 33.2 Å². The SMILES string of the molecule is CCC(NC(=O)C1CCCN(S(=O)(=O)c2ccc(C)s2)C1)C(=O)O. The summed E-state index contributed by atoms with van der Waals surface area (Å²) in [6.07, 6.45) is 1.41. The summed E-state index contributed by atoms with van der Waals surface area (Å²) < 4.78 is 26.9. The lowest BCUT2D eigenvalue weighted by Gasteiger charge is -2.31. The van der Waals surface area contributed by atoms with E-state index in [0.29, 0.717) is 19.4 Å². The molecule has 0 spiro atoms. The molecule has 1 aromatic rings. The van der Waals surface area contributed by atoms with Crippen LogP contribution in [0.4, 0.5) is 0 Å². The number of nitrogens with one attached hydrogen (secondary N) is 1. The van der Waals surface area contributed by atoms with Gasteiger partial charge in [-0.3, -0.25) is 4.79 Å². The van der Waals surface area contributed by atoms with Gasteiger partial charge in [-0.05, 0) is 38.3 Å². The van der Waals surface area contributed by atoms with Crippen molar-refractivity contribution < 1.29 is 23.1 Å². The Morgan fingerprint density at radius 2 is 2.17 bits per heavy atom. The molecule has 2 unspecified atom stereocenters. The van der Waals surface area contributed by atoms with Gasteiger partial charge < -0.3 is 10.4 Å². The van der Waals surface area contributed by atoms with Crippen LogP contribution in [-0.4, -0.2) is 48.8 Å². The third kappa shape index (κ3) is 4.14. The molecule has 134 valence electrons. The van der Waals surface area contributed by atoms with Crippen LogP contribution in [0.2, 0.25) is 0 Å². The van der Waals surface area contributed by atoms with E-state index in [9.17, 15) is 18.0 Å². The summed E-state index contributed by atoms with van der Waals surface area (Å²) in [6.45, 7) is 3.98. The van der Waals surface area contributed by atoms with Gasteiger partial charge in [0.05, 0.1) is 5.92 Å². The van der Waals surface area contributed by atoms with E-state index in [1.54, 1.807) is 19.1 Å². The maximum Gasteiger partial charge on any atom is 0.326 e. The first-order chi connectivity index (χ1) is 11.3. The first-order valence-electron chi connectivity index (χ1n) is 7.85. The second-order valence-electron chi connectivity index (χ2n) is 5.87. The Morgan fingerprint density at radius 1 is 1.46 bits per heavy atom. The fourth-order valence-electron chi connectivity index (χ4n) is 2.68. The highest BCUT2D eigenvalue weighted by Crippen LogP contribution is 2.28. The van der Waals surface area contributed by atoms with Crippen LogP contribution in [0, 0.1) is 12.8 Å². The molecule has 0 saturated carbocycles. The first kappa shape index (κ1) is 18.9. The van der Waals surface area contributed by atoms with E-state index >= 15 is 0 Å². The zero-order valence-corrected chi connectivity index (χ0v) is 15.3. The molecule has 0 aliphatic carbocycles. The number of thiophene rings is 1. The first-order valence-corrected chi connectivity index (χ1v) is 10.1. The van der Waals surface area contributed by atoms with Crippen LogP contribution < -0.4 is 5.32 Å². The Hall–Kier alpha value is -1.45. The van der Waals surface area contributed by atoms with Gasteiger partial charge in [0, 0.05) is 18.0 Å². The van der Waals surface area contributed by atoms with Crippen molar-refractivity contribution in [1.29, 1.82) is 0 Å². The molecule has 24 heavy (non-hydrogen) atoms. The molecule has 1 aromatic heterocycles. The van der Waals surface area contributed by atoms with Crippen molar-refractivity contribution in [2.24, 2.45) is 5.92 Å². The number of sulfonamides is 1. The van der Waals surface area contributed by atoms with Crippen LogP contribution in [0.25, 0.3) is 0 Å². The van der Waals surface area contributed by atoms with Crippen molar-refractivity contribution in [3.8, 4) is 0 Å². The number of nitrogens with zero attached hydrogens (tertiary/aromatic N) is 1. The smallest absolute Gasteiger partial charge is 0.326 e. The average molecular weight is 374 g/mol. The molecule has 7 nitrogen and oxygen atoms in total. The fourth-order valence-corrected chi connectivity index (χ4v) is 5.64. The molecule has 1 saturated heterocycles. The normalized spacial score (nSPS) is 20.5. The maximum absolute atomic E-state index is 12.7. The quantitative estimate of drug-likeness (QED) is 0.784. The van der Waals surface area contributed by atoms with Gasteiger partial charge in [-0.25, -0.2) is 13.2 Å². The highest BCUT2D eigenvalue weighted by Gasteiger charge is 2.35. The van der Waals surface area contributed by atoms with E-state index < -0.39 is 33.9 Å². The van der Waals surface area contributed by atoms with Crippen molar-refractivity contribution in [2.45, 2.75) is 43.4 Å². The Balaban J connectivity index is 2.08. The summed E-state index contributed by atoms with van der Waals surface area (Å²) >= 11 is 1.21. The number of aryl methyl sites for hydroxylation is 1. The molecule has 1 aliphatic rings. The molecular formula is C15H22N2O5S2. The zero-order valence-electron chi connectivity index (χ0n) is 13.7. The summed E-state index contributed by atoms with van der Waals surface area (Å²) in [7, 11) is -3.60. The van der Waals surface area contributed by atoms with Crippen LogP contribution in [0.15, 0.2) is 16.3 Å². The number of aliphatic carboxylic acids is 1. The minimum absolute atomic E-state index is 0.0845. The lowest BCUT2D eigenvalue weighted by Crippen LogP contribution is -2.49. The van der Waals surface area contributed by atoms with Crippen LogP contribution in [0.5, 0.6) is 0 Å². The molecule has 0 bridgehead atoms. The minimum atomic E-state index is -3.60. The lowest BCUT2D eigenvalue weighted by atomic mass is 9.98. The standard InChI is InChI=1S/C15H22N2O5S2/c1-3-12(15(19)20)16-14(18)11-5-4-8-17(9-11)24(21,22)13-7-6-10(2)23-13/h6-7,11-12H,3-5,8-9H2,1-2H3,(H,16,18)(H,19,20). The molecule has 0 radical (unpaired) electrons. The summed E-state index contributed by atoms with van der Waals surface area (Å²) in [5, 5.41) is 11.5. The molecule has 2 N–H and O–H groups in total. The summed E-state index contributed by atoms with van der Waals surface area (Å²) in [5.74, 6) is -2.00. The number of carbonyl (C=O) groups is 2. The third-order valence-electron chi connectivity index (χ3n) is 4.09. The van der Waals surface area contributed by atoms with Gasteiger partial charge >= 0.3 is 5.97 Å². The van der Waals surface area contributed by atoms with Gasteiger partial charge in [-0.1, -0.05) is 6.92 Å². The Kier molecular flexibility index (Phi) is 6.00. The van der Waals surface area contributed by atoms with E-state index in [1.807, 2.05) is 6.92 Å². The van der Waals surface area contributed by atoms with Crippen molar-refractivity contribution in [2.75, 3.05) is 13.1 Å². The number of hydrogen-bond donors (Lipinski definition) is 2. The second kappa shape index (κ2) is 7.62. The molecule has 2 heterocycles. The molecule has 1 amide bonds. The van der Waals surface area contributed by atoms with Gasteiger partial charge in [-0.2, -0.15) is 4.31 Å². The molecule has 9 heteroatoms. The van der Waals surface area contributed by atoms with E-state index in [4.69, 9.17) is 5.11 Å². The molecule has 2 rings (SSSR count). The molecule has 0 aromatic carbocycles. The van der Waals surface area contributed by atoms with Gasteiger partial charge in [0.25, 0.3) is 10.0 Å². The van der Waals surface area contributed by atoms with E-state index in [2.05, 4.69) is 5.32 Å². The van der Waals surface area contributed by atoms with Crippen molar-refractivity contribution in [1.82, 2.24) is 9.62 Å². The summed E-state index contributed by atoms with van der Waals surface area (Å²) in [6, 6.07) is 2.39. The number of carbonyl (C=O) groups excluding carboxylic acids is 1. The number of rotatable bonds is 6. The lowest BCUT2D eigenvalue weighted by molar-refractivity contribution is -0.142. The predicted molar refractivity (Wildman–Crippen MR) is 90.4 cm³/mol. The van der Waals surface area contributed by atoms with Gasteiger partial charge in [0.1, 0.15) is 10.3 Å². The maximum atomic E-state index is 12.7. The number of carboxylic acids is 1. The molecule has 1 aliphatic heterocycles. The molecule has 1 fully saturated rings. The Labute approximate surface area is 145 Å².